The first-order chi connectivity index (χ1) is 13.6. The Morgan fingerprint density at radius 3 is 2.46 bits per heavy atom. The number of nitrogens with one attached hydrogen (secondary N) is 1. The number of pyridine rings is 1. The summed E-state index contributed by atoms with van der Waals surface area (Å²) < 4.78 is 0. The minimum Gasteiger partial charge on any atom is -0.294 e. The molecule has 6 heteroatoms. The van der Waals surface area contributed by atoms with Crippen LogP contribution in [-0.4, -0.2) is 31.4 Å². The average molecular weight is 369 g/mol. The lowest BCUT2D eigenvalue weighted by Crippen LogP contribution is -2.05. The number of rotatable bonds is 5. The molecule has 28 heavy (non-hydrogen) atoms. The van der Waals surface area contributed by atoms with Crippen molar-refractivity contribution in [1.82, 2.24) is 25.6 Å². The SMILES string of the molecule is Cc1cnccc1C(=O)Cc1ccc(-c2cc(-c3nn[nH]n3)ccc2C)cc1. The van der Waals surface area contributed by atoms with E-state index in [4.69, 9.17) is 0 Å². The van der Waals surface area contributed by atoms with Crippen LogP contribution in [-0.2, 0) is 6.42 Å². The molecule has 0 bridgehead atoms. The maximum absolute atomic E-state index is 12.6. The molecule has 0 unspecified atom stereocenters. The van der Waals surface area contributed by atoms with Crippen LogP contribution in [0.5, 0.6) is 0 Å². The van der Waals surface area contributed by atoms with Gasteiger partial charge in [-0.1, -0.05) is 36.4 Å². The fourth-order valence-electron chi connectivity index (χ4n) is 3.23. The molecule has 0 aliphatic rings. The van der Waals surface area contributed by atoms with E-state index in [9.17, 15) is 4.79 Å². The Labute approximate surface area is 162 Å². The van der Waals surface area contributed by atoms with Crippen LogP contribution in [0.3, 0.4) is 0 Å². The molecule has 0 amide bonds. The van der Waals surface area contributed by atoms with E-state index in [0.29, 0.717) is 12.2 Å². The lowest BCUT2D eigenvalue weighted by molar-refractivity contribution is 0.0992. The van der Waals surface area contributed by atoms with Crippen LogP contribution in [0.4, 0.5) is 0 Å². The molecule has 4 rings (SSSR count). The maximum atomic E-state index is 12.6. The van der Waals surface area contributed by atoms with E-state index < -0.39 is 0 Å². The van der Waals surface area contributed by atoms with E-state index in [1.165, 1.54) is 0 Å². The van der Waals surface area contributed by atoms with Gasteiger partial charge in [-0.05, 0) is 59.0 Å². The Hall–Kier alpha value is -3.67. The van der Waals surface area contributed by atoms with Crippen molar-refractivity contribution in [3.8, 4) is 22.5 Å². The van der Waals surface area contributed by atoms with Gasteiger partial charge in [-0.15, -0.1) is 10.2 Å². The van der Waals surface area contributed by atoms with Gasteiger partial charge in [0.05, 0.1) is 0 Å². The number of Topliss-reactive ketones (excluding diaryl/α,β-unsaturated/α-hetero) is 1. The highest BCUT2D eigenvalue weighted by atomic mass is 16.1. The van der Waals surface area contributed by atoms with Crippen molar-refractivity contribution in [3.63, 3.8) is 0 Å². The summed E-state index contributed by atoms with van der Waals surface area (Å²) >= 11 is 0. The van der Waals surface area contributed by atoms with Crippen LogP contribution in [0.2, 0.25) is 0 Å². The number of hydrogen-bond donors (Lipinski definition) is 1. The van der Waals surface area contributed by atoms with Gasteiger partial charge in [-0.25, -0.2) is 0 Å². The molecule has 138 valence electrons. The van der Waals surface area contributed by atoms with Crippen LogP contribution >= 0.6 is 0 Å². The standard InChI is InChI=1S/C22H19N5O/c1-14-3-6-18(22-24-26-27-25-22)12-20(14)17-7-4-16(5-8-17)11-21(28)19-9-10-23-13-15(19)2/h3-10,12-13H,11H2,1-2H3,(H,24,25,26,27). The van der Waals surface area contributed by atoms with E-state index in [1.807, 2.05) is 43.3 Å². The predicted molar refractivity (Wildman–Crippen MR) is 107 cm³/mol. The number of benzene rings is 2. The summed E-state index contributed by atoms with van der Waals surface area (Å²) in [6.45, 7) is 3.97. The summed E-state index contributed by atoms with van der Waals surface area (Å²) in [6, 6.07) is 16.0. The number of aryl methyl sites for hydroxylation is 2. The van der Waals surface area contributed by atoms with Gasteiger partial charge >= 0.3 is 0 Å². The first-order valence-corrected chi connectivity index (χ1v) is 8.99. The fourth-order valence-corrected chi connectivity index (χ4v) is 3.23. The number of aromatic amines is 1. The number of nitrogens with zero attached hydrogens (tertiary/aromatic N) is 4. The van der Waals surface area contributed by atoms with Crippen LogP contribution in [0.25, 0.3) is 22.5 Å². The minimum atomic E-state index is 0.0999. The summed E-state index contributed by atoms with van der Waals surface area (Å²) in [5, 5.41) is 14.2. The first-order valence-electron chi connectivity index (χ1n) is 8.99. The zero-order valence-corrected chi connectivity index (χ0v) is 15.7. The summed E-state index contributed by atoms with van der Waals surface area (Å²) in [7, 11) is 0. The third-order valence-electron chi connectivity index (χ3n) is 4.79. The minimum absolute atomic E-state index is 0.0999. The number of tetrazole rings is 1. The van der Waals surface area contributed by atoms with Crippen molar-refractivity contribution in [3.05, 3.63) is 83.2 Å². The van der Waals surface area contributed by atoms with Gasteiger partial charge in [-0.3, -0.25) is 9.78 Å². The Morgan fingerprint density at radius 2 is 1.75 bits per heavy atom. The molecule has 0 radical (unpaired) electrons. The van der Waals surface area contributed by atoms with E-state index in [2.05, 4.69) is 38.6 Å². The molecule has 0 saturated carbocycles. The molecule has 0 aliphatic carbocycles. The largest absolute Gasteiger partial charge is 0.294 e. The van der Waals surface area contributed by atoms with Gasteiger partial charge in [0, 0.05) is 29.9 Å². The van der Waals surface area contributed by atoms with E-state index in [1.54, 1.807) is 18.5 Å². The molecule has 2 heterocycles. The summed E-state index contributed by atoms with van der Waals surface area (Å²) in [4.78, 5) is 16.6. The number of carbonyl (C=O) groups is 1. The lowest BCUT2D eigenvalue weighted by atomic mass is 9.95. The Morgan fingerprint density at radius 1 is 0.964 bits per heavy atom. The van der Waals surface area contributed by atoms with Crippen molar-refractivity contribution < 1.29 is 4.79 Å². The lowest BCUT2D eigenvalue weighted by Gasteiger charge is -2.09. The normalized spacial score (nSPS) is 10.8. The summed E-state index contributed by atoms with van der Waals surface area (Å²) in [5.74, 6) is 0.666. The highest BCUT2D eigenvalue weighted by Crippen LogP contribution is 2.28. The number of carbonyl (C=O) groups excluding carboxylic acids is 1. The second kappa shape index (κ2) is 7.52. The Kier molecular flexibility index (Phi) is 4.76. The molecule has 0 atom stereocenters. The number of aromatic nitrogens is 5. The quantitative estimate of drug-likeness (QED) is 0.538. The molecule has 0 saturated heterocycles. The molecular formula is C22H19N5O. The molecular weight excluding hydrogens is 350 g/mol. The van der Waals surface area contributed by atoms with Crippen LogP contribution in [0, 0.1) is 13.8 Å². The van der Waals surface area contributed by atoms with E-state index in [0.717, 1.165) is 38.9 Å². The van der Waals surface area contributed by atoms with E-state index in [-0.39, 0.29) is 5.78 Å². The van der Waals surface area contributed by atoms with Gasteiger partial charge in [0.1, 0.15) is 0 Å². The van der Waals surface area contributed by atoms with Gasteiger partial charge in [0.25, 0.3) is 0 Å². The molecule has 0 aliphatic heterocycles. The molecule has 1 N–H and O–H groups in total. The van der Waals surface area contributed by atoms with Gasteiger partial charge in [0.15, 0.2) is 5.78 Å². The third kappa shape index (κ3) is 3.57. The summed E-state index contributed by atoms with van der Waals surface area (Å²) in [6.07, 6.45) is 3.74. The molecule has 6 nitrogen and oxygen atoms in total. The van der Waals surface area contributed by atoms with Crippen molar-refractivity contribution in [2.45, 2.75) is 20.3 Å². The zero-order valence-electron chi connectivity index (χ0n) is 15.7. The van der Waals surface area contributed by atoms with Crippen LogP contribution < -0.4 is 0 Å². The van der Waals surface area contributed by atoms with Crippen molar-refractivity contribution in [2.75, 3.05) is 0 Å². The summed E-state index contributed by atoms with van der Waals surface area (Å²) in [5.41, 5.74) is 6.85. The van der Waals surface area contributed by atoms with Crippen LogP contribution in [0.15, 0.2) is 60.9 Å². The molecule has 0 fully saturated rings. The second-order valence-corrected chi connectivity index (χ2v) is 6.75. The average Bonchev–Trinajstić information content (AvgIpc) is 3.24. The fraction of sp³-hybridized carbons (Fsp3) is 0.136. The van der Waals surface area contributed by atoms with Crippen LogP contribution in [0.1, 0.15) is 27.0 Å². The molecule has 2 aromatic carbocycles. The first kappa shape index (κ1) is 17.7. The maximum Gasteiger partial charge on any atom is 0.204 e. The molecule has 2 aromatic heterocycles. The van der Waals surface area contributed by atoms with Gasteiger partial charge < -0.3 is 0 Å². The van der Waals surface area contributed by atoms with Crippen molar-refractivity contribution >= 4 is 5.78 Å². The molecule has 0 spiro atoms. The van der Waals surface area contributed by atoms with Gasteiger partial charge in [-0.2, -0.15) is 5.21 Å². The number of ketones is 1. The predicted octanol–water partition coefficient (Wildman–Crippen LogP) is 3.97. The monoisotopic (exact) mass is 369 g/mol. The Bertz CT molecular complexity index is 1120. The topological polar surface area (TPSA) is 84.4 Å². The highest BCUT2D eigenvalue weighted by molar-refractivity contribution is 5.98. The smallest absolute Gasteiger partial charge is 0.204 e. The third-order valence-corrected chi connectivity index (χ3v) is 4.79. The highest BCUT2D eigenvalue weighted by Gasteiger charge is 2.11. The molecule has 4 aromatic rings. The van der Waals surface area contributed by atoms with Crippen molar-refractivity contribution in [2.24, 2.45) is 0 Å². The van der Waals surface area contributed by atoms with Gasteiger partial charge in [0.2, 0.25) is 5.82 Å². The zero-order chi connectivity index (χ0) is 19.5. The number of hydrogen-bond acceptors (Lipinski definition) is 5. The van der Waals surface area contributed by atoms with E-state index >= 15 is 0 Å². The van der Waals surface area contributed by atoms with Crippen molar-refractivity contribution in [1.29, 1.82) is 0 Å². The second-order valence-electron chi connectivity index (χ2n) is 6.75. The Balaban J connectivity index is 1.58. The number of H-pyrrole nitrogens is 1.